The van der Waals surface area contributed by atoms with Gasteiger partial charge in [-0.15, -0.1) is 0 Å². The van der Waals surface area contributed by atoms with E-state index in [9.17, 15) is 9.59 Å². The summed E-state index contributed by atoms with van der Waals surface area (Å²) < 4.78 is 10.7. The van der Waals surface area contributed by atoms with Crippen LogP contribution in [0.2, 0.25) is 0 Å². The SMILES string of the molecule is COCCN(Cc1ccc(C)o1)C(=O)C1CCC(C(=O)O)CC1. The van der Waals surface area contributed by atoms with Crippen molar-refractivity contribution in [3.8, 4) is 0 Å². The molecule has 1 heterocycles. The highest BCUT2D eigenvalue weighted by molar-refractivity contribution is 5.79. The van der Waals surface area contributed by atoms with Gasteiger partial charge >= 0.3 is 5.97 Å². The van der Waals surface area contributed by atoms with Crippen molar-refractivity contribution in [2.24, 2.45) is 11.8 Å². The van der Waals surface area contributed by atoms with Crippen molar-refractivity contribution in [2.45, 2.75) is 39.2 Å². The first-order valence-electron chi connectivity index (χ1n) is 8.07. The average molecular weight is 323 g/mol. The van der Waals surface area contributed by atoms with E-state index in [2.05, 4.69) is 0 Å². The molecule has 0 saturated heterocycles. The third-order valence-corrected chi connectivity index (χ3v) is 4.45. The molecule has 2 rings (SSSR count). The first-order valence-corrected chi connectivity index (χ1v) is 8.07. The van der Waals surface area contributed by atoms with Crippen LogP contribution in [0.4, 0.5) is 0 Å². The average Bonchev–Trinajstić information content (AvgIpc) is 2.96. The van der Waals surface area contributed by atoms with Crippen molar-refractivity contribution in [1.29, 1.82) is 0 Å². The Morgan fingerprint density at radius 1 is 1.26 bits per heavy atom. The predicted molar refractivity (Wildman–Crippen MR) is 83.8 cm³/mol. The molecule has 0 radical (unpaired) electrons. The smallest absolute Gasteiger partial charge is 0.306 e. The second-order valence-corrected chi connectivity index (χ2v) is 6.15. The molecule has 1 aromatic rings. The number of carbonyl (C=O) groups is 2. The maximum absolute atomic E-state index is 12.8. The first kappa shape index (κ1) is 17.5. The summed E-state index contributed by atoms with van der Waals surface area (Å²) in [5, 5.41) is 9.06. The Labute approximate surface area is 136 Å². The van der Waals surface area contributed by atoms with Crippen LogP contribution in [0, 0.1) is 18.8 Å². The molecule has 0 unspecified atom stereocenters. The zero-order chi connectivity index (χ0) is 16.8. The van der Waals surface area contributed by atoms with Gasteiger partial charge in [0.25, 0.3) is 0 Å². The van der Waals surface area contributed by atoms with E-state index in [-0.39, 0.29) is 17.7 Å². The second kappa shape index (κ2) is 8.15. The number of hydrogen-bond acceptors (Lipinski definition) is 4. The molecular weight excluding hydrogens is 298 g/mol. The lowest BCUT2D eigenvalue weighted by Gasteiger charge is -2.30. The molecule has 1 fully saturated rings. The molecule has 1 aliphatic carbocycles. The van der Waals surface area contributed by atoms with Crippen molar-refractivity contribution >= 4 is 11.9 Å². The number of nitrogens with zero attached hydrogens (tertiary/aromatic N) is 1. The van der Waals surface area contributed by atoms with Crippen LogP contribution in [-0.2, 0) is 20.9 Å². The van der Waals surface area contributed by atoms with Gasteiger partial charge in [0, 0.05) is 19.6 Å². The van der Waals surface area contributed by atoms with Crippen LogP contribution in [-0.4, -0.2) is 42.1 Å². The summed E-state index contributed by atoms with van der Waals surface area (Å²) in [6.45, 7) is 3.27. The summed E-state index contributed by atoms with van der Waals surface area (Å²) >= 11 is 0. The summed E-state index contributed by atoms with van der Waals surface area (Å²) in [5.74, 6) is 0.489. The number of amides is 1. The van der Waals surface area contributed by atoms with Crippen molar-refractivity contribution in [3.63, 3.8) is 0 Å². The van der Waals surface area contributed by atoms with Gasteiger partial charge in [-0.25, -0.2) is 0 Å². The highest BCUT2D eigenvalue weighted by Gasteiger charge is 2.32. The van der Waals surface area contributed by atoms with E-state index in [1.807, 2.05) is 19.1 Å². The summed E-state index contributed by atoms with van der Waals surface area (Å²) in [6.07, 6.45) is 2.42. The number of ether oxygens (including phenoxy) is 1. The lowest BCUT2D eigenvalue weighted by molar-refractivity contribution is -0.146. The Kier molecular flexibility index (Phi) is 6.21. The maximum atomic E-state index is 12.8. The summed E-state index contributed by atoms with van der Waals surface area (Å²) in [4.78, 5) is 25.6. The van der Waals surface area contributed by atoms with Gasteiger partial charge in [-0.05, 0) is 44.7 Å². The fourth-order valence-corrected chi connectivity index (χ4v) is 3.07. The predicted octanol–water partition coefficient (Wildman–Crippen LogP) is 2.45. The zero-order valence-corrected chi connectivity index (χ0v) is 13.8. The second-order valence-electron chi connectivity index (χ2n) is 6.15. The van der Waals surface area contributed by atoms with Crippen molar-refractivity contribution in [2.75, 3.05) is 20.3 Å². The standard InChI is InChI=1S/C17H25NO5/c1-12-3-8-15(23-12)11-18(9-10-22-2)16(19)13-4-6-14(7-5-13)17(20)21/h3,8,13-14H,4-7,9-11H2,1-2H3,(H,20,21). The molecule has 0 spiro atoms. The number of carbonyl (C=O) groups excluding carboxylic acids is 1. The van der Waals surface area contributed by atoms with Crippen LogP contribution in [0.15, 0.2) is 16.5 Å². The molecule has 1 saturated carbocycles. The topological polar surface area (TPSA) is 80.0 Å². The number of hydrogen-bond donors (Lipinski definition) is 1. The van der Waals surface area contributed by atoms with E-state index in [0.29, 0.717) is 45.4 Å². The molecule has 0 aromatic carbocycles. The van der Waals surface area contributed by atoms with Gasteiger partial charge in [-0.1, -0.05) is 0 Å². The van der Waals surface area contributed by atoms with E-state index >= 15 is 0 Å². The van der Waals surface area contributed by atoms with Crippen LogP contribution in [0.3, 0.4) is 0 Å². The molecule has 23 heavy (non-hydrogen) atoms. The molecule has 0 aliphatic heterocycles. The minimum Gasteiger partial charge on any atom is -0.481 e. The number of aryl methyl sites for hydroxylation is 1. The van der Waals surface area contributed by atoms with Crippen molar-refractivity contribution in [1.82, 2.24) is 4.90 Å². The van der Waals surface area contributed by atoms with Crippen LogP contribution < -0.4 is 0 Å². The molecular formula is C17H25NO5. The van der Waals surface area contributed by atoms with E-state index < -0.39 is 5.97 Å². The lowest BCUT2D eigenvalue weighted by atomic mass is 9.81. The maximum Gasteiger partial charge on any atom is 0.306 e. The lowest BCUT2D eigenvalue weighted by Crippen LogP contribution is -2.39. The number of rotatable bonds is 7. The van der Waals surface area contributed by atoms with Gasteiger partial charge in [0.05, 0.1) is 19.1 Å². The fourth-order valence-electron chi connectivity index (χ4n) is 3.07. The van der Waals surface area contributed by atoms with Crippen LogP contribution in [0.5, 0.6) is 0 Å². The Hall–Kier alpha value is -1.82. The summed E-state index contributed by atoms with van der Waals surface area (Å²) in [6, 6.07) is 3.76. The zero-order valence-electron chi connectivity index (χ0n) is 13.8. The van der Waals surface area contributed by atoms with E-state index in [1.165, 1.54) is 0 Å². The van der Waals surface area contributed by atoms with Gasteiger partial charge in [0.2, 0.25) is 5.91 Å². The third-order valence-electron chi connectivity index (χ3n) is 4.45. The Bertz CT molecular complexity index is 531. The van der Waals surface area contributed by atoms with Gasteiger partial charge in [0.15, 0.2) is 0 Å². The number of carboxylic acids is 1. The van der Waals surface area contributed by atoms with Crippen molar-refractivity contribution in [3.05, 3.63) is 23.7 Å². The quantitative estimate of drug-likeness (QED) is 0.833. The normalized spacial score (nSPS) is 21.1. The Balaban J connectivity index is 1.97. The van der Waals surface area contributed by atoms with Gasteiger partial charge in [-0.2, -0.15) is 0 Å². The van der Waals surface area contributed by atoms with Gasteiger partial charge < -0.3 is 19.2 Å². The Morgan fingerprint density at radius 3 is 2.43 bits per heavy atom. The molecule has 6 heteroatoms. The molecule has 6 nitrogen and oxygen atoms in total. The van der Waals surface area contributed by atoms with Gasteiger partial charge in [-0.3, -0.25) is 9.59 Å². The van der Waals surface area contributed by atoms with Crippen LogP contribution in [0.1, 0.15) is 37.2 Å². The minimum atomic E-state index is -0.752. The van der Waals surface area contributed by atoms with Crippen LogP contribution in [0.25, 0.3) is 0 Å². The fraction of sp³-hybridized carbons (Fsp3) is 0.647. The molecule has 1 N–H and O–H groups in total. The third kappa shape index (κ3) is 4.82. The molecule has 0 bridgehead atoms. The first-order chi connectivity index (χ1) is 11.0. The van der Waals surface area contributed by atoms with Gasteiger partial charge in [0.1, 0.15) is 11.5 Å². The number of aliphatic carboxylic acids is 1. The van der Waals surface area contributed by atoms with E-state index in [4.69, 9.17) is 14.3 Å². The molecule has 128 valence electrons. The number of carboxylic acid groups (broad SMARTS) is 1. The largest absolute Gasteiger partial charge is 0.481 e. The van der Waals surface area contributed by atoms with E-state index in [1.54, 1.807) is 12.0 Å². The molecule has 1 amide bonds. The highest BCUT2D eigenvalue weighted by Crippen LogP contribution is 2.30. The Morgan fingerprint density at radius 2 is 1.91 bits per heavy atom. The minimum absolute atomic E-state index is 0.0694. The summed E-state index contributed by atoms with van der Waals surface area (Å²) in [7, 11) is 1.61. The molecule has 0 atom stereocenters. The number of furan rings is 1. The monoisotopic (exact) mass is 323 g/mol. The highest BCUT2D eigenvalue weighted by atomic mass is 16.5. The van der Waals surface area contributed by atoms with Crippen LogP contribution >= 0.6 is 0 Å². The number of methoxy groups -OCH3 is 1. The van der Waals surface area contributed by atoms with E-state index in [0.717, 1.165) is 11.5 Å². The summed E-state index contributed by atoms with van der Waals surface area (Å²) in [5.41, 5.74) is 0. The molecule has 1 aliphatic rings. The molecule has 1 aromatic heterocycles. The van der Waals surface area contributed by atoms with Crippen molar-refractivity contribution < 1.29 is 23.8 Å².